The molecule has 2 N–H and O–H groups in total. The van der Waals surface area contributed by atoms with E-state index in [1.54, 1.807) is 0 Å². The third-order valence-corrected chi connectivity index (χ3v) is 7.40. The first kappa shape index (κ1) is 15.1. The van der Waals surface area contributed by atoms with Gasteiger partial charge >= 0.3 is 8.48 Å². The van der Waals surface area contributed by atoms with Gasteiger partial charge in [0.1, 0.15) is 0 Å². The Morgan fingerprint density at radius 2 is 1.76 bits per heavy atom. The van der Waals surface area contributed by atoms with Crippen molar-refractivity contribution in [3.63, 3.8) is 0 Å². The fraction of sp³-hybridized carbons (Fsp3) is 1.00. The molecule has 0 aromatic heterocycles. The number of hydrogen-bond donors (Lipinski definition) is 1. The van der Waals surface area contributed by atoms with Crippen LogP contribution in [0.3, 0.4) is 0 Å². The van der Waals surface area contributed by atoms with Crippen LogP contribution in [0.15, 0.2) is 0 Å². The van der Waals surface area contributed by atoms with Gasteiger partial charge in [-0.25, -0.2) is 0 Å². The maximum Gasteiger partial charge on any atom is 0.330 e. The van der Waals surface area contributed by atoms with E-state index < -0.39 is 13.9 Å². The molecule has 1 heterocycles. The molecule has 0 spiro atoms. The summed E-state index contributed by atoms with van der Waals surface area (Å²) in [6, 6.07) is 0.922. The first-order valence-corrected chi connectivity index (χ1v) is 8.96. The Labute approximate surface area is 106 Å². The zero-order valence-corrected chi connectivity index (χ0v) is 12.6. The topological polar surface area (TPSA) is 53.7 Å². The minimum absolute atomic E-state index is 0.305. The van der Waals surface area contributed by atoms with E-state index in [-0.39, 0.29) is 0 Å². The Morgan fingerprint density at radius 3 is 2.24 bits per heavy atom. The second-order valence-corrected chi connectivity index (χ2v) is 7.91. The Hall–Kier alpha value is 0.0569. The van der Waals surface area contributed by atoms with Gasteiger partial charge in [-0.1, -0.05) is 13.3 Å². The molecule has 0 aliphatic carbocycles. The first-order chi connectivity index (χ1) is 8.06. The van der Waals surface area contributed by atoms with Gasteiger partial charge < -0.3 is 19.3 Å². The third kappa shape index (κ3) is 2.74. The molecule has 0 bridgehead atoms. The van der Waals surface area contributed by atoms with Crippen molar-refractivity contribution >= 4 is 8.48 Å². The predicted molar refractivity (Wildman–Crippen MR) is 70.8 cm³/mol. The average molecular weight is 261 g/mol. The zero-order chi connectivity index (χ0) is 12.9. The predicted octanol–water partition coefficient (Wildman–Crippen LogP) is 2.16. The highest BCUT2D eigenvalue weighted by atomic mass is 28.4. The van der Waals surface area contributed by atoms with Crippen molar-refractivity contribution < 1.29 is 13.9 Å². The minimum Gasteiger partial charge on any atom is -0.400 e. The van der Waals surface area contributed by atoms with Crippen molar-refractivity contribution in [3.05, 3.63) is 0 Å². The van der Waals surface area contributed by atoms with Crippen LogP contribution in [0, 0.1) is 5.92 Å². The molecule has 2 unspecified atom stereocenters. The van der Waals surface area contributed by atoms with E-state index in [0.29, 0.717) is 25.7 Å². The van der Waals surface area contributed by atoms with E-state index in [0.717, 1.165) is 18.9 Å². The van der Waals surface area contributed by atoms with Crippen LogP contribution >= 0.6 is 0 Å². The molecule has 1 fully saturated rings. The molecule has 1 aliphatic rings. The van der Waals surface area contributed by atoms with Gasteiger partial charge in [0.05, 0.1) is 0 Å². The lowest BCUT2D eigenvalue weighted by molar-refractivity contribution is -0.224. The monoisotopic (exact) mass is 261 g/mol. The van der Waals surface area contributed by atoms with Gasteiger partial charge in [0, 0.05) is 25.7 Å². The molecule has 102 valence electrons. The first-order valence-electron chi connectivity index (χ1n) is 6.77. The molecule has 0 aromatic carbocycles. The molecule has 1 rings (SSSR count). The van der Waals surface area contributed by atoms with Crippen molar-refractivity contribution in [1.82, 2.24) is 0 Å². The van der Waals surface area contributed by atoms with Gasteiger partial charge in [-0.15, -0.1) is 0 Å². The highest BCUT2D eigenvalue weighted by Gasteiger charge is 2.60. The Kier molecular flexibility index (Phi) is 5.59. The molecular weight excluding hydrogens is 234 g/mol. The molecule has 17 heavy (non-hydrogen) atoms. The Balaban J connectivity index is 3.03. The second kappa shape index (κ2) is 6.29. The zero-order valence-electron chi connectivity index (χ0n) is 11.6. The second-order valence-electron chi connectivity index (χ2n) is 4.65. The van der Waals surface area contributed by atoms with Crippen LogP contribution in [0.4, 0.5) is 0 Å². The lowest BCUT2D eigenvalue weighted by Gasteiger charge is -2.50. The van der Waals surface area contributed by atoms with Crippen LogP contribution in [-0.2, 0) is 13.9 Å². The number of ether oxygens (including phenoxy) is 2. The Morgan fingerprint density at radius 1 is 1.18 bits per heavy atom. The van der Waals surface area contributed by atoms with E-state index in [1.165, 1.54) is 0 Å². The summed E-state index contributed by atoms with van der Waals surface area (Å²) in [5, 5.41) is 6.58. The lowest BCUT2D eigenvalue weighted by atomic mass is 10.0. The summed E-state index contributed by atoms with van der Waals surface area (Å²) in [5.41, 5.74) is -0.662. The summed E-state index contributed by atoms with van der Waals surface area (Å²) in [5.74, 6) is 0.305. The van der Waals surface area contributed by atoms with Gasteiger partial charge in [0.25, 0.3) is 0 Å². The third-order valence-electron chi connectivity index (χ3n) is 3.54. The van der Waals surface area contributed by atoms with Crippen LogP contribution in [0.25, 0.3) is 0 Å². The van der Waals surface area contributed by atoms with Gasteiger partial charge in [0.15, 0.2) is 5.41 Å². The van der Waals surface area contributed by atoms with E-state index in [2.05, 4.69) is 6.92 Å². The number of rotatable bonds is 6. The molecule has 0 aromatic rings. The molecule has 0 radical (unpaired) electrons. The van der Waals surface area contributed by atoms with Crippen LogP contribution in [-0.4, -0.2) is 33.7 Å². The summed E-state index contributed by atoms with van der Waals surface area (Å²) in [6.45, 7) is 10.00. The van der Waals surface area contributed by atoms with Gasteiger partial charge in [-0.2, -0.15) is 0 Å². The summed E-state index contributed by atoms with van der Waals surface area (Å²) >= 11 is 0. The summed E-state index contributed by atoms with van der Waals surface area (Å²) < 4.78 is 17.9. The maximum absolute atomic E-state index is 6.58. The van der Waals surface area contributed by atoms with E-state index in [9.17, 15) is 0 Å². The molecule has 0 amide bonds. The highest BCUT2D eigenvalue weighted by Crippen LogP contribution is 2.41. The standard InChI is InChI=1S/C12H27NO3Si/c1-5-14-12(15-6-2)11(4)9-8-10-17(12,13)16-7-3/h11H,5-10,13H2,1-4H3. The Bertz CT molecular complexity index is 230. The molecular formula is C12H27NO3Si. The van der Waals surface area contributed by atoms with Crippen molar-refractivity contribution in [2.45, 2.75) is 52.0 Å². The van der Waals surface area contributed by atoms with Gasteiger partial charge in [-0.05, 0) is 33.2 Å². The van der Waals surface area contributed by atoms with Crippen LogP contribution < -0.4 is 5.40 Å². The largest absolute Gasteiger partial charge is 0.400 e. The molecule has 1 aliphatic heterocycles. The molecule has 5 heteroatoms. The SMILES string of the molecule is CCOC1(OCC)C(C)CCC[Si]1(N)OCC. The van der Waals surface area contributed by atoms with E-state index in [4.69, 9.17) is 19.3 Å². The van der Waals surface area contributed by atoms with Gasteiger partial charge in [0.2, 0.25) is 0 Å². The normalized spacial score (nSPS) is 32.6. The summed E-state index contributed by atoms with van der Waals surface area (Å²) in [4.78, 5) is 0. The number of hydrogen-bond acceptors (Lipinski definition) is 4. The molecule has 0 saturated carbocycles. The van der Waals surface area contributed by atoms with Crippen molar-refractivity contribution in [2.24, 2.45) is 11.3 Å². The molecule has 4 nitrogen and oxygen atoms in total. The van der Waals surface area contributed by atoms with Crippen LogP contribution in [0.5, 0.6) is 0 Å². The van der Waals surface area contributed by atoms with Crippen LogP contribution in [0.1, 0.15) is 40.5 Å². The quantitative estimate of drug-likeness (QED) is 0.588. The maximum atomic E-state index is 6.58. The minimum atomic E-state index is -2.47. The van der Waals surface area contributed by atoms with E-state index in [1.807, 2.05) is 20.8 Å². The van der Waals surface area contributed by atoms with E-state index >= 15 is 0 Å². The van der Waals surface area contributed by atoms with Crippen molar-refractivity contribution in [2.75, 3.05) is 19.8 Å². The van der Waals surface area contributed by atoms with Gasteiger partial charge in [-0.3, -0.25) is 0 Å². The molecule has 1 saturated heterocycles. The highest BCUT2D eigenvalue weighted by molar-refractivity contribution is 6.73. The fourth-order valence-electron chi connectivity index (χ4n) is 2.88. The van der Waals surface area contributed by atoms with Crippen molar-refractivity contribution in [3.8, 4) is 0 Å². The average Bonchev–Trinajstić information content (AvgIpc) is 2.27. The summed E-state index contributed by atoms with van der Waals surface area (Å²) in [6.07, 6.45) is 2.21. The molecule has 2 atom stereocenters. The number of nitrogens with two attached hydrogens (primary N) is 1. The van der Waals surface area contributed by atoms with Crippen LogP contribution in [0.2, 0.25) is 6.04 Å². The smallest absolute Gasteiger partial charge is 0.330 e. The fourth-order valence-corrected chi connectivity index (χ4v) is 6.58. The van der Waals surface area contributed by atoms with Crippen molar-refractivity contribution in [1.29, 1.82) is 0 Å². The summed E-state index contributed by atoms with van der Waals surface area (Å²) in [7, 11) is -2.47. The lowest BCUT2D eigenvalue weighted by Crippen LogP contribution is -2.74.